The summed E-state index contributed by atoms with van der Waals surface area (Å²) in [6.45, 7) is 3.43. The van der Waals surface area contributed by atoms with Crippen molar-refractivity contribution in [1.29, 1.82) is 0 Å². The van der Waals surface area contributed by atoms with Gasteiger partial charge < -0.3 is 34.7 Å². The first-order valence-electron chi connectivity index (χ1n) is 16.7. The minimum Gasteiger partial charge on any atom is -0.494 e. The number of aromatic nitrogens is 3. The van der Waals surface area contributed by atoms with E-state index in [1.54, 1.807) is 12.0 Å². The van der Waals surface area contributed by atoms with Gasteiger partial charge in [0.05, 0.1) is 30.9 Å². The van der Waals surface area contributed by atoms with Crippen molar-refractivity contribution in [3.8, 4) is 17.3 Å². The van der Waals surface area contributed by atoms with E-state index in [0.717, 1.165) is 59.3 Å². The quantitative estimate of drug-likeness (QED) is 0.295. The van der Waals surface area contributed by atoms with Crippen LogP contribution >= 0.6 is 0 Å². The summed E-state index contributed by atoms with van der Waals surface area (Å²) in [7, 11) is 3.63. The minimum atomic E-state index is -0.949. The molecular weight excluding hydrogens is 585 g/mol. The molecule has 5 heterocycles. The van der Waals surface area contributed by atoms with Gasteiger partial charge in [-0.2, -0.15) is 0 Å². The second kappa shape index (κ2) is 11.0. The monoisotopic (exact) mass is 627 g/mol. The second-order valence-electron chi connectivity index (χ2n) is 13.9. The molecule has 8 rings (SSSR count). The lowest BCUT2D eigenvalue weighted by Crippen LogP contribution is -2.40. The van der Waals surface area contributed by atoms with E-state index >= 15 is 0 Å². The van der Waals surface area contributed by atoms with Crippen LogP contribution in [0.3, 0.4) is 0 Å². The maximum Gasteiger partial charge on any atom is 0.317 e. The molecule has 4 aromatic rings. The zero-order valence-electron chi connectivity index (χ0n) is 26.7. The number of rotatable bonds is 7. The average molecular weight is 628 g/mol. The second-order valence-corrected chi connectivity index (χ2v) is 13.9. The molecule has 3 aliphatic heterocycles. The lowest BCUT2D eigenvalue weighted by atomic mass is 9.97. The number of nitrogens with one attached hydrogen (secondary N) is 1. The molecule has 1 saturated carbocycles. The zero-order chi connectivity index (χ0) is 31.9. The predicted octanol–water partition coefficient (Wildman–Crippen LogP) is 5.13. The molecular formula is C35H42FN7O3. The fourth-order valence-corrected chi connectivity index (χ4v) is 8.06. The number of hydrogen-bond donors (Lipinski definition) is 2. The van der Waals surface area contributed by atoms with Gasteiger partial charge in [-0.1, -0.05) is 12.1 Å². The predicted molar refractivity (Wildman–Crippen MR) is 175 cm³/mol. The summed E-state index contributed by atoms with van der Waals surface area (Å²) in [5.41, 5.74) is 11.6. The molecule has 5 atom stereocenters. The van der Waals surface area contributed by atoms with E-state index in [2.05, 4.69) is 32.7 Å². The van der Waals surface area contributed by atoms with Gasteiger partial charge in [0.1, 0.15) is 17.4 Å². The molecule has 3 amide bonds. The molecule has 3 saturated heterocycles. The van der Waals surface area contributed by atoms with Gasteiger partial charge in [0, 0.05) is 54.7 Å². The first kappa shape index (κ1) is 29.3. The minimum absolute atomic E-state index is 0.00122. The van der Waals surface area contributed by atoms with Crippen molar-refractivity contribution in [2.24, 2.45) is 18.7 Å². The molecule has 0 radical (unpaired) electrons. The van der Waals surface area contributed by atoms with Gasteiger partial charge in [0.15, 0.2) is 5.82 Å². The van der Waals surface area contributed by atoms with Crippen LogP contribution in [-0.4, -0.2) is 80.4 Å². The number of nitrogens with two attached hydrogens (primary N) is 1. The fourth-order valence-electron chi connectivity index (χ4n) is 8.06. The van der Waals surface area contributed by atoms with Gasteiger partial charge in [-0.3, -0.25) is 4.79 Å². The van der Waals surface area contributed by atoms with E-state index in [4.69, 9.17) is 15.5 Å². The maximum atomic E-state index is 13.8. The molecule has 0 spiro atoms. The number of carbonyl (C=O) groups is 2. The van der Waals surface area contributed by atoms with Crippen molar-refractivity contribution >= 4 is 33.9 Å². The van der Waals surface area contributed by atoms with Crippen LogP contribution in [0.2, 0.25) is 0 Å². The molecule has 242 valence electrons. The smallest absolute Gasteiger partial charge is 0.317 e. The molecule has 2 aromatic heterocycles. The van der Waals surface area contributed by atoms with Gasteiger partial charge >= 0.3 is 6.03 Å². The summed E-state index contributed by atoms with van der Waals surface area (Å²) in [5, 5.41) is 4.15. The number of amides is 3. The van der Waals surface area contributed by atoms with E-state index in [-0.39, 0.29) is 42.7 Å². The number of benzene rings is 2. The summed E-state index contributed by atoms with van der Waals surface area (Å²) < 4.78 is 24.0. The Bertz CT molecular complexity index is 1860. The Morgan fingerprint density at radius 2 is 1.96 bits per heavy atom. The summed E-state index contributed by atoms with van der Waals surface area (Å²) in [6.07, 6.45) is 4.66. The molecule has 11 heteroatoms. The van der Waals surface area contributed by atoms with Crippen LogP contribution < -0.4 is 15.8 Å². The van der Waals surface area contributed by atoms with Crippen molar-refractivity contribution in [3.63, 3.8) is 0 Å². The van der Waals surface area contributed by atoms with Crippen molar-refractivity contribution in [2.75, 3.05) is 20.2 Å². The number of aryl methyl sites for hydroxylation is 1. The highest BCUT2D eigenvalue weighted by atomic mass is 19.1. The number of imidazole rings is 1. The number of nitrogens with zero attached hydrogens (tertiary/aromatic N) is 5. The highest BCUT2D eigenvalue weighted by Gasteiger charge is 2.47. The number of carbonyl (C=O) groups excluding carboxylic acids is 2. The number of methoxy groups -OCH3 is 1. The highest BCUT2D eigenvalue weighted by molar-refractivity contribution is 6.01. The molecule has 3 N–H and O–H groups in total. The number of hydrogen-bond acceptors (Lipinski definition) is 5. The van der Waals surface area contributed by atoms with E-state index in [1.807, 2.05) is 37.1 Å². The Kier molecular flexibility index (Phi) is 7.00. The number of ether oxygens (including phenoxy) is 1. The topological polar surface area (TPSA) is 111 Å². The lowest BCUT2D eigenvalue weighted by Gasteiger charge is -2.23. The van der Waals surface area contributed by atoms with Crippen molar-refractivity contribution in [3.05, 3.63) is 47.5 Å². The van der Waals surface area contributed by atoms with Crippen molar-refractivity contribution in [1.82, 2.24) is 29.2 Å². The molecule has 4 fully saturated rings. The largest absolute Gasteiger partial charge is 0.494 e. The van der Waals surface area contributed by atoms with Crippen LogP contribution in [0, 0.1) is 5.92 Å². The Morgan fingerprint density at radius 1 is 1.13 bits per heavy atom. The summed E-state index contributed by atoms with van der Waals surface area (Å²) >= 11 is 0. The normalized spacial score (nSPS) is 24.8. The van der Waals surface area contributed by atoms with Gasteiger partial charge in [-0.15, -0.1) is 0 Å². The van der Waals surface area contributed by atoms with Crippen LogP contribution in [0.25, 0.3) is 33.5 Å². The Labute approximate surface area is 267 Å². The van der Waals surface area contributed by atoms with E-state index in [1.165, 1.54) is 12.8 Å². The Hall–Kier alpha value is -4.12. The van der Waals surface area contributed by atoms with Gasteiger partial charge in [0.25, 0.3) is 5.91 Å². The standard InChI is InChI=1S/C35H42FN7O3/c1-19(38-35(45)41-11-10-24(36)18-41)21-6-7-22-14-30(42(29(22)13-21)17-20-4-5-20)33-39-27-12-23(15-31(46-3)32(27)40(33)2)34(44)43-25-8-9-28(43)26(37)16-25/h6-7,12-15,19-20,24-26,28H,4-5,8-11,16-18,37H2,1-3H3,(H,38,45)/t19-,24-,25+,26-,28-/m1/s1. The number of likely N-dealkylation sites (tertiary alicyclic amines) is 1. The molecule has 46 heavy (non-hydrogen) atoms. The van der Waals surface area contributed by atoms with Crippen molar-refractivity contribution < 1.29 is 18.7 Å². The molecule has 2 aromatic carbocycles. The van der Waals surface area contributed by atoms with Gasteiger partial charge in [-0.05, 0) is 81.2 Å². The van der Waals surface area contributed by atoms with E-state index in [0.29, 0.717) is 35.7 Å². The van der Waals surface area contributed by atoms with Crippen LogP contribution in [-0.2, 0) is 13.6 Å². The number of fused-ring (bicyclic) bond motifs is 4. The van der Waals surface area contributed by atoms with Crippen LogP contribution in [0.15, 0.2) is 36.4 Å². The van der Waals surface area contributed by atoms with Crippen LogP contribution in [0.1, 0.15) is 67.4 Å². The Balaban J connectivity index is 1.16. The average Bonchev–Trinajstić information content (AvgIpc) is 3.36. The third-order valence-electron chi connectivity index (χ3n) is 10.8. The molecule has 1 aliphatic carbocycles. The van der Waals surface area contributed by atoms with Crippen LogP contribution in [0.5, 0.6) is 5.75 Å². The van der Waals surface area contributed by atoms with Crippen molar-refractivity contribution in [2.45, 2.75) is 82.3 Å². The summed E-state index contributed by atoms with van der Waals surface area (Å²) in [6, 6.07) is 12.1. The molecule has 0 unspecified atom stereocenters. The lowest BCUT2D eigenvalue weighted by molar-refractivity contribution is 0.0726. The zero-order valence-corrected chi connectivity index (χ0v) is 26.7. The third kappa shape index (κ3) is 4.82. The number of urea groups is 1. The highest BCUT2D eigenvalue weighted by Crippen LogP contribution is 2.41. The van der Waals surface area contributed by atoms with E-state index < -0.39 is 6.17 Å². The first-order chi connectivity index (χ1) is 22.2. The first-order valence-corrected chi connectivity index (χ1v) is 16.7. The van der Waals surface area contributed by atoms with Crippen LogP contribution in [0.4, 0.5) is 9.18 Å². The van der Waals surface area contributed by atoms with E-state index in [9.17, 15) is 14.0 Å². The Morgan fingerprint density at radius 3 is 2.63 bits per heavy atom. The SMILES string of the molecule is COc1cc(C(=O)N2[C@H]3CC[C@@H]2[C@H](N)C3)cc2nc(-c3cc4ccc([C@@H](C)NC(=O)N5CC[C@@H](F)C5)cc4n3CC3CC3)n(C)c12. The molecule has 10 nitrogen and oxygen atoms in total. The fraction of sp³-hybridized carbons (Fsp3) is 0.514. The molecule has 4 aliphatic rings. The molecule has 2 bridgehead atoms. The summed E-state index contributed by atoms with van der Waals surface area (Å²) in [4.78, 5) is 35.3. The van der Waals surface area contributed by atoms with Gasteiger partial charge in [-0.25, -0.2) is 14.2 Å². The number of alkyl halides is 1. The van der Waals surface area contributed by atoms with Gasteiger partial charge in [0.2, 0.25) is 0 Å². The third-order valence-corrected chi connectivity index (χ3v) is 10.8. The number of halogens is 1. The summed E-state index contributed by atoms with van der Waals surface area (Å²) in [5.74, 6) is 2.02. The maximum absolute atomic E-state index is 13.8.